The van der Waals surface area contributed by atoms with E-state index in [2.05, 4.69) is 21.2 Å². The Morgan fingerprint density at radius 1 is 1.37 bits per heavy atom. The Labute approximate surface area is 119 Å². The lowest BCUT2D eigenvalue weighted by Gasteiger charge is -2.21. The van der Waals surface area contributed by atoms with Gasteiger partial charge in [0.2, 0.25) is 5.91 Å². The van der Waals surface area contributed by atoms with Crippen LogP contribution in [-0.2, 0) is 14.6 Å². The molecule has 1 amide bonds. The van der Waals surface area contributed by atoms with Gasteiger partial charge in [-0.2, -0.15) is 0 Å². The van der Waals surface area contributed by atoms with E-state index in [1.165, 1.54) is 12.1 Å². The fourth-order valence-electron chi connectivity index (χ4n) is 2.05. The van der Waals surface area contributed by atoms with Crippen molar-refractivity contribution in [1.82, 2.24) is 0 Å². The Balaban J connectivity index is 2.17. The lowest BCUT2D eigenvalue weighted by atomic mass is 10.2. The van der Waals surface area contributed by atoms with Crippen molar-refractivity contribution in [1.29, 1.82) is 0 Å². The topological polar surface area (TPSA) is 63.2 Å². The second-order valence-corrected chi connectivity index (χ2v) is 7.68. The first-order valence-corrected chi connectivity index (χ1v) is 8.38. The molecule has 0 saturated carbocycles. The van der Waals surface area contributed by atoms with E-state index < -0.39 is 26.8 Å². The van der Waals surface area contributed by atoms with Gasteiger partial charge in [-0.05, 0) is 31.0 Å². The van der Waals surface area contributed by atoms with Gasteiger partial charge >= 0.3 is 0 Å². The third kappa shape index (κ3) is 3.33. The van der Waals surface area contributed by atoms with E-state index in [4.69, 9.17) is 0 Å². The van der Waals surface area contributed by atoms with Gasteiger partial charge < -0.3 is 5.32 Å². The fourth-order valence-corrected chi connectivity index (χ4v) is 4.19. The third-order valence-electron chi connectivity index (χ3n) is 3.06. The third-order valence-corrected chi connectivity index (χ3v) is 5.73. The second kappa shape index (κ2) is 5.58. The summed E-state index contributed by atoms with van der Waals surface area (Å²) in [5.41, 5.74) is -0.00558. The highest BCUT2D eigenvalue weighted by atomic mass is 79.9. The molecule has 1 aliphatic heterocycles. The molecule has 1 aromatic rings. The molecule has 1 aliphatic rings. The average molecular weight is 350 g/mol. The van der Waals surface area contributed by atoms with Gasteiger partial charge in [0.25, 0.3) is 0 Å². The molecule has 1 saturated heterocycles. The molecule has 1 unspecified atom stereocenters. The van der Waals surface area contributed by atoms with Crippen LogP contribution in [0.2, 0.25) is 0 Å². The zero-order chi connectivity index (χ0) is 14.0. The van der Waals surface area contributed by atoms with Gasteiger partial charge in [-0.25, -0.2) is 12.8 Å². The summed E-state index contributed by atoms with van der Waals surface area (Å²) in [4.78, 5) is 12.0. The van der Waals surface area contributed by atoms with Gasteiger partial charge in [0, 0.05) is 4.47 Å². The van der Waals surface area contributed by atoms with Crippen LogP contribution < -0.4 is 5.32 Å². The number of hydrogen-bond donors (Lipinski definition) is 1. The maximum atomic E-state index is 13.6. The van der Waals surface area contributed by atoms with E-state index in [1.807, 2.05) is 0 Å². The molecule has 4 nitrogen and oxygen atoms in total. The van der Waals surface area contributed by atoms with Crippen LogP contribution in [0.4, 0.5) is 10.1 Å². The minimum Gasteiger partial charge on any atom is -0.322 e. The molecule has 0 radical (unpaired) electrons. The number of nitrogens with one attached hydrogen (secondary N) is 1. The second-order valence-electron chi connectivity index (χ2n) is 4.46. The van der Waals surface area contributed by atoms with Crippen LogP contribution >= 0.6 is 15.9 Å². The summed E-state index contributed by atoms with van der Waals surface area (Å²) in [7, 11) is -3.41. The van der Waals surface area contributed by atoms with Crippen molar-refractivity contribution >= 4 is 37.4 Å². The number of benzene rings is 1. The molecule has 104 valence electrons. The van der Waals surface area contributed by atoms with Crippen LogP contribution in [-0.4, -0.2) is 25.3 Å². The summed E-state index contributed by atoms with van der Waals surface area (Å²) < 4.78 is 37.7. The van der Waals surface area contributed by atoms with Crippen LogP contribution in [0.25, 0.3) is 0 Å². The van der Waals surface area contributed by atoms with E-state index in [9.17, 15) is 17.6 Å². The van der Waals surface area contributed by atoms with Crippen LogP contribution in [0.5, 0.6) is 0 Å². The highest BCUT2D eigenvalue weighted by Crippen LogP contribution is 2.23. The SMILES string of the molecule is O=C(Nc1ccc(Br)cc1F)C1CCCCS1(=O)=O. The normalized spacial score (nSPS) is 21.9. The molecular formula is C12H13BrFNO3S. The minimum absolute atomic E-state index is 0.00558. The number of halogens is 2. The number of carbonyl (C=O) groups excluding carboxylic acids is 1. The van der Waals surface area contributed by atoms with Crippen molar-refractivity contribution in [2.75, 3.05) is 11.1 Å². The molecule has 0 aromatic heterocycles. The van der Waals surface area contributed by atoms with E-state index in [1.54, 1.807) is 6.07 Å². The molecule has 19 heavy (non-hydrogen) atoms. The highest BCUT2D eigenvalue weighted by Gasteiger charge is 2.35. The fraction of sp³-hybridized carbons (Fsp3) is 0.417. The molecule has 1 atom stereocenters. The van der Waals surface area contributed by atoms with Gasteiger partial charge in [0.05, 0.1) is 11.4 Å². The Kier molecular flexibility index (Phi) is 4.25. The highest BCUT2D eigenvalue weighted by molar-refractivity contribution is 9.10. The molecule has 0 spiro atoms. The molecule has 1 N–H and O–H groups in total. The van der Waals surface area contributed by atoms with Crippen molar-refractivity contribution in [3.63, 3.8) is 0 Å². The molecule has 1 aromatic carbocycles. The van der Waals surface area contributed by atoms with Crippen molar-refractivity contribution in [3.8, 4) is 0 Å². The first-order valence-electron chi connectivity index (χ1n) is 5.87. The van der Waals surface area contributed by atoms with Crippen molar-refractivity contribution in [2.24, 2.45) is 0 Å². The number of hydrogen-bond acceptors (Lipinski definition) is 3. The quantitative estimate of drug-likeness (QED) is 0.891. The number of carbonyl (C=O) groups is 1. The predicted molar refractivity (Wildman–Crippen MR) is 74.2 cm³/mol. The summed E-state index contributed by atoms with van der Waals surface area (Å²) in [6, 6.07) is 4.19. The summed E-state index contributed by atoms with van der Waals surface area (Å²) in [6.45, 7) is 0. The van der Waals surface area contributed by atoms with E-state index in [-0.39, 0.29) is 11.4 Å². The molecular weight excluding hydrogens is 337 g/mol. The zero-order valence-corrected chi connectivity index (χ0v) is 12.4. The number of amides is 1. The molecule has 0 bridgehead atoms. The largest absolute Gasteiger partial charge is 0.322 e. The molecule has 2 rings (SSSR count). The summed E-state index contributed by atoms with van der Waals surface area (Å²) in [5, 5.41) is 1.28. The van der Waals surface area contributed by atoms with Crippen molar-refractivity contribution < 1.29 is 17.6 Å². The first kappa shape index (κ1) is 14.5. The van der Waals surface area contributed by atoms with Crippen LogP contribution in [0.1, 0.15) is 19.3 Å². The lowest BCUT2D eigenvalue weighted by molar-refractivity contribution is -0.116. The Bertz CT molecular complexity index is 603. The summed E-state index contributed by atoms with van der Waals surface area (Å²) >= 11 is 3.11. The van der Waals surface area contributed by atoms with Crippen molar-refractivity contribution in [2.45, 2.75) is 24.5 Å². The number of anilines is 1. The average Bonchev–Trinajstić information content (AvgIpc) is 2.32. The predicted octanol–water partition coefficient (Wildman–Crippen LogP) is 2.49. The molecule has 1 heterocycles. The van der Waals surface area contributed by atoms with Crippen LogP contribution in [0.15, 0.2) is 22.7 Å². The van der Waals surface area contributed by atoms with Gasteiger partial charge in [0.15, 0.2) is 9.84 Å². The zero-order valence-electron chi connectivity index (χ0n) is 10.0. The monoisotopic (exact) mass is 349 g/mol. The number of rotatable bonds is 2. The van der Waals surface area contributed by atoms with Gasteiger partial charge in [-0.3, -0.25) is 4.79 Å². The van der Waals surface area contributed by atoms with Gasteiger partial charge in [-0.15, -0.1) is 0 Å². The molecule has 1 fully saturated rings. The molecule has 0 aliphatic carbocycles. The van der Waals surface area contributed by atoms with Gasteiger partial charge in [-0.1, -0.05) is 22.4 Å². The number of sulfone groups is 1. The first-order chi connectivity index (χ1) is 8.90. The van der Waals surface area contributed by atoms with Crippen molar-refractivity contribution in [3.05, 3.63) is 28.5 Å². The summed E-state index contributed by atoms with van der Waals surface area (Å²) in [5.74, 6) is -1.23. The maximum absolute atomic E-state index is 13.6. The Morgan fingerprint density at radius 3 is 2.74 bits per heavy atom. The lowest BCUT2D eigenvalue weighted by Crippen LogP contribution is -2.39. The van der Waals surface area contributed by atoms with E-state index in [0.29, 0.717) is 23.7 Å². The van der Waals surface area contributed by atoms with Crippen LogP contribution in [0.3, 0.4) is 0 Å². The van der Waals surface area contributed by atoms with Gasteiger partial charge in [0.1, 0.15) is 11.1 Å². The Hall–Kier alpha value is -0.950. The molecule has 7 heteroatoms. The standard InChI is InChI=1S/C12H13BrFNO3S/c13-8-4-5-10(9(14)7-8)15-12(16)11-3-1-2-6-19(11,17)18/h4-5,7,11H,1-3,6H2,(H,15,16). The minimum atomic E-state index is -3.41. The van der Waals surface area contributed by atoms with E-state index in [0.717, 1.165) is 0 Å². The van der Waals surface area contributed by atoms with E-state index >= 15 is 0 Å². The Morgan fingerprint density at radius 2 is 2.11 bits per heavy atom. The maximum Gasteiger partial charge on any atom is 0.242 e. The smallest absolute Gasteiger partial charge is 0.242 e. The summed E-state index contributed by atoms with van der Waals surface area (Å²) in [6.07, 6.45) is 1.57. The van der Waals surface area contributed by atoms with Crippen LogP contribution in [0, 0.1) is 5.82 Å².